The SMILES string of the molecule is Cc1cc(C)c(S(=O)(=O)NCCc2cc(C)n(C)c2C)c(C)c1. The van der Waals surface area contributed by atoms with Crippen molar-refractivity contribution in [1.29, 1.82) is 0 Å². The lowest BCUT2D eigenvalue weighted by Gasteiger charge is -2.13. The highest BCUT2D eigenvalue weighted by molar-refractivity contribution is 7.89. The van der Waals surface area contributed by atoms with Crippen LogP contribution in [0.3, 0.4) is 0 Å². The van der Waals surface area contributed by atoms with Gasteiger partial charge in [0, 0.05) is 25.0 Å². The van der Waals surface area contributed by atoms with Gasteiger partial charge in [-0.1, -0.05) is 17.7 Å². The molecule has 0 bridgehead atoms. The monoisotopic (exact) mass is 334 g/mol. The molecular weight excluding hydrogens is 308 g/mol. The van der Waals surface area contributed by atoms with Gasteiger partial charge in [-0.2, -0.15) is 0 Å². The Bertz CT molecular complexity index is 810. The normalized spacial score (nSPS) is 11.9. The molecule has 0 radical (unpaired) electrons. The van der Waals surface area contributed by atoms with Crippen LogP contribution in [0.1, 0.15) is 33.6 Å². The van der Waals surface area contributed by atoms with Crippen molar-refractivity contribution in [2.75, 3.05) is 6.54 Å². The molecule has 1 N–H and O–H groups in total. The summed E-state index contributed by atoms with van der Waals surface area (Å²) in [5, 5.41) is 0. The van der Waals surface area contributed by atoms with Crippen LogP contribution in [0.2, 0.25) is 0 Å². The van der Waals surface area contributed by atoms with E-state index in [9.17, 15) is 8.42 Å². The molecule has 0 aliphatic heterocycles. The minimum Gasteiger partial charge on any atom is -0.352 e. The van der Waals surface area contributed by atoms with Gasteiger partial charge in [-0.3, -0.25) is 0 Å². The molecule has 1 heterocycles. The van der Waals surface area contributed by atoms with E-state index >= 15 is 0 Å². The predicted molar refractivity (Wildman–Crippen MR) is 94.4 cm³/mol. The van der Waals surface area contributed by atoms with E-state index in [1.54, 1.807) is 0 Å². The van der Waals surface area contributed by atoms with Gasteiger partial charge in [-0.15, -0.1) is 0 Å². The maximum Gasteiger partial charge on any atom is 0.241 e. The summed E-state index contributed by atoms with van der Waals surface area (Å²) in [6.45, 7) is 10.2. The third-order valence-corrected chi connectivity index (χ3v) is 6.21. The van der Waals surface area contributed by atoms with Crippen LogP contribution in [0.4, 0.5) is 0 Å². The standard InChI is InChI=1S/C18H26N2O2S/c1-12-9-13(2)18(14(3)10-12)23(21,22)19-8-7-17-11-15(4)20(6)16(17)5/h9-11,19H,7-8H2,1-6H3. The molecule has 0 aliphatic carbocycles. The van der Waals surface area contributed by atoms with Gasteiger partial charge in [0.1, 0.15) is 0 Å². The number of hydrogen-bond acceptors (Lipinski definition) is 2. The minimum atomic E-state index is -3.48. The van der Waals surface area contributed by atoms with Crippen molar-refractivity contribution < 1.29 is 8.42 Å². The van der Waals surface area contributed by atoms with Crippen LogP contribution in [0.25, 0.3) is 0 Å². The highest BCUT2D eigenvalue weighted by atomic mass is 32.2. The van der Waals surface area contributed by atoms with Crippen molar-refractivity contribution in [2.45, 2.75) is 45.9 Å². The Morgan fingerprint density at radius 3 is 2.04 bits per heavy atom. The number of hydrogen-bond donors (Lipinski definition) is 1. The quantitative estimate of drug-likeness (QED) is 0.913. The number of sulfonamides is 1. The largest absolute Gasteiger partial charge is 0.352 e. The molecule has 2 rings (SSSR count). The molecule has 5 heteroatoms. The summed E-state index contributed by atoms with van der Waals surface area (Å²) in [4.78, 5) is 0.407. The van der Waals surface area contributed by atoms with E-state index in [0.717, 1.165) is 16.7 Å². The zero-order valence-electron chi connectivity index (χ0n) is 14.8. The van der Waals surface area contributed by atoms with Crippen LogP contribution in [-0.2, 0) is 23.5 Å². The number of aromatic nitrogens is 1. The summed E-state index contributed by atoms with van der Waals surface area (Å²) in [6, 6.07) is 5.94. The van der Waals surface area contributed by atoms with Gasteiger partial charge in [0.25, 0.3) is 0 Å². The molecular formula is C18H26N2O2S. The Labute approximate surface area is 139 Å². The average molecular weight is 334 g/mol. The minimum absolute atomic E-state index is 0.402. The molecule has 23 heavy (non-hydrogen) atoms. The first-order chi connectivity index (χ1) is 10.6. The molecule has 0 saturated heterocycles. The lowest BCUT2D eigenvalue weighted by atomic mass is 10.1. The molecule has 0 aliphatic rings. The summed E-state index contributed by atoms with van der Waals surface area (Å²) >= 11 is 0. The fourth-order valence-corrected chi connectivity index (χ4v) is 4.65. The van der Waals surface area contributed by atoms with E-state index in [2.05, 4.69) is 29.2 Å². The third-order valence-electron chi connectivity index (χ3n) is 4.44. The first kappa shape index (κ1) is 17.8. The number of nitrogens with zero attached hydrogens (tertiary/aromatic N) is 1. The second-order valence-corrected chi connectivity index (χ2v) is 8.03. The Hall–Kier alpha value is -1.59. The third kappa shape index (κ3) is 3.67. The molecule has 1 aromatic carbocycles. The fourth-order valence-electron chi connectivity index (χ4n) is 3.17. The van der Waals surface area contributed by atoms with Crippen molar-refractivity contribution in [3.05, 3.63) is 51.8 Å². The first-order valence-electron chi connectivity index (χ1n) is 7.83. The second kappa shape index (κ2) is 6.49. The summed E-state index contributed by atoms with van der Waals surface area (Å²) < 4.78 is 30.1. The smallest absolute Gasteiger partial charge is 0.241 e. The molecule has 0 fully saturated rings. The first-order valence-corrected chi connectivity index (χ1v) is 9.31. The molecule has 2 aromatic rings. The van der Waals surface area contributed by atoms with Crippen LogP contribution < -0.4 is 4.72 Å². The zero-order valence-corrected chi connectivity index (χ0v) is 15.6. The fraction of sp³-hybridized carbons (Fsp3) is 0.444. The maximum atomic E-state index is 12.6. The van der Waals surface area contributed by atoms with Crippen LogP contribution >= 0.6 is 0 Å². The van der Waals surface area contributed by atoms with E-state index in [1.807, 2.05) is 40.0 Å². The Morgan fingerprint density at radius 2 is 1.57 bits per heavy atom. The van der Waals surface area contributed by atoms with E-state index in [4.69, 9.17) is 0 Å². The van der Waals surface area contributed by atoms with Crippen molar-refractivity contribution >= 4 is 10.0 Å². The number of benzene rings is 1. The van der Waals surface area contributed by atoms with Crippen molar-refractivity contribution in [3.8, 4) is 0 Å². The predicted octanol–water partition coefficient (Wildman–Crippen LogP) is 3.09. The lowest BCUT2D eigenvalue weighted by Crippen LogP contribution is -2.27. The summed E-state index contributed by atoms with van der Waals surface area (Å²) in [7, 11) is -1.46. The summed E-state index contributed by atoms with van der Waals surface area (Å²) in [6.07, 6.45) is 0.691. The van der Waals surface area contributed by atoms with E-state index in [0.29, 0.717) is 17.9 Å². The van der Waals surface area contributed by atoms with Crippen LogP contribution in [0.5, 0.6) is 0 Å². The Kier molecular flexibility index (Phi) is 5.01. The lowest BCUT2D eigenvalue weighted by molar-refractivity contribution is 0.580. The van der Waals surface area contributed by atoms with E-state index < -0.39 is 10.0 Å². The van der Waals surface area contributed by atoms with Crippen LogP contribution in [0.15, 0.2) is 23.1 Å². The van der Waals surface area contributed by atoms with E-state index in [1.165, 1.54) is 17.0 Å². The Morgan fingerprint density at radius 1 is 1.00 bits per heavy atom. The van der Waals surface area contributed by atoms with Crippen molar-refractivity contribution in [3.63, 3.8) is 0 Å². The summed E-state index contributed by atoms with van der Waals surface area (Å²) in [5.41, 5.74) is 6.22. The molecule has 126 valence electrons. The van der Waals surface area contributed by atoms with Crippen molar-refractivity contribution in [2.24, 2.45) is 7.05 Å². The maximum absolute atomic E-state index is 12.6. The van der Waals surface area contributed by atoms with E-state index in [-0.39, 0.29) is 0 Å². The number of nitrogens with one attached hydrogen (secondary N) is 1. The number of rotatable bonds is 5. The molecule has 1 aromatic heterocycles. The highest BCUT2D eigenvalue weighted by Crippen LogP contribution is 2.21. The second-order valence-electron chi connectivity index (χ2n) is 6.33. The van der Waals surface area contributed by atoms with Gasteiger partial charge in [-0.25, -0.2) is 13.1 Å². The molecule has 0 amide bonds. The summed E-state index contributed by atoms with van der Waals surface area (Å²) in [5.74, 6) is 0. The average Bonchev–Trinajstić information content (AvgIpc) is 2.64. The van der Waals surface area contributed by atoms with Crippen LogP contribution in [-0.4, -0.2) is 19.5 Å². The van der Waals surface area contributed by atoms with Gasteiger partial charge in [0.05, 0.1) is 4.90 Å². The topological polar surface area (TPSA) is 51.1 Å². The molecule has 0 unspecified atom stereocenters. The van der Waals surface area contributed by atoms with Gasteiger partial charge in [0.2, 0.25) is 10.0 Å². The van der Waals surface area contributed by atoms with Crippen molar-refractivity contribution in [1.82, 2.24) is 9.29 Å². The molecule has 4 nitrogen and oxygen atoms in total. The van der Waals surface area contributed by atoms with Gasteiger partial charge >= 0.3 is 0 Å². The number of aryl methyl sites for hydroxylation is 4. The van der Waals surface area contributed by atoms with Gasteiger partial charge < -0.3 is 4.57 Å². The molecule has 0 spiro atoms. The zero-order chi connectivity index (χ0) is 17.4. The Balaban J connectivity index is 2.15. The van der Waals surface area contributed by atoms with Crippen LogP contribution in [0, 0.1) is 34.6 Å². The molecule has 0 atom stereocenters. The molecule has 0 saturated carbocycles. The van der Waals surface area contributed by atoms with Gasteiger partial charge in [0.15, 0.2) is 0 Å². The van der Waals surface area contributed by atoms with Gasteiger partial charge in [-0.05, 0) is 63.8 Å². The highest BCUT2D eigenvalue weighted by Gasteiger charge is 2.19.